The molecule has 28 heavy (non-hydrogen) atoms. The predicted molar refractivity (Wildman–Crippen MR) is 113 cm³/mol. The molecule has 0 aliphatic rings. The van der Waals surface area contributed by atoms with Gasteiger partial charge in [-0.25, -0.2) is 0 Å². The van der Waals surface area contributed by atoms with Crippen LogP contribution in [0.2, 0.25) is 0 Å². The molecular weight excluding hydrogens is 348 g/mol. The Kier molecular flexibility index (Phi) is 6.22. The van der Waals surface area contributed by atoms with E-state index in [1.54, 1.807) is 24.3 Å². The molecule has 2 amide bonds. The molecule has 0 aliphatic heterocycles. The fourth-order valence-electron chi connectivity index (χ4n) is 3.01. The smallest absolute Gasteiger partial charge is 0.228 e. The normalized spacial score (nSPS) is 10.4. The maximum atomic E-state index is 12.3. The summed E-state index contributed by atoms with van der Waals surface area (Å²) in [6.07, 6.45) is 0.670. The van der Waals surface area contributed by atoms with E-state index < -0.39 is 0 Å². The van der Waals surface area contributed by atoms with Crippen molar-refractivity contribution in [2.24, 2.45) is 0 Å². The lowest BCUT2D eigenvalue weighted by Crippen LogP contribution is -2.16. The van der Waals surface area contributed by atoms with E-state index in [1.165, 1.54) is 0 Å². The number of hydrogen-bond donors (Lipinski definition) is 2. The summed E-state index contributed by atoms with van der Waals surface area (Å²) >= 11 is 0. The van der Waals surface area contributed by atoms with Gasteiger partial charge < -0.3 is 10.6 Å². The number of carbonyl (C=O) groups excluding carboxylic acids is 2. The first-order valence-electron chi connectivity index (χ1n) is 9.30. The first-order valence-corrected chi connectivity index (χ1v) is 9.30. The summed E-state index contributed by atoms with van der Waals surface area (Å²) in [5.41, 5.74) is 5.64. The van der Waals surface area contributed by atoms with Gasteiger partial charge in [0, 0.05) is 11.4 Å². The molecule has 3 rings (SSSR count). The quantitative estimate of drug-likeness (QED) is 0.661. The van der Waals surface area contributed by atoms with E-state index in [1.807, 2.05) is 62.4 Å². The lowest BCUT2D eigenvalue weighted by Gasteiger charge is -2.10. The Balaban J connectivity index is 1.54. The second kappa shape index (κ2) is 9.00. The minimum Gasteiger partial charge on any atom is -0.326 e. The van der Waals surface area contributed by atoms with Crippen molar-refractivity contribution in [1.29, 1.82) is 0 Å². The van der Waals surface area contributed by atoms with Gasteiger partial charge in [-0.1, -0.05) is 48.5 Å². The van der Waals surface area contributed by atoms with Crippen LogP contribution in [-0.2, 0) is 22.4 Å². The standard InChI is InChI=1S/C24H24N2O2/c1-17-7-3-5-9-19(17)15-23(27)25-21-11-13-22(14-12-21)26-24(28)16-20-10-6-4-8-18(20)2/h3-14H,15-16H2,1-2H3,(H,25,27)(H,26,28). The van der Waals surface area contributed by atoms with Crippen LogP contribution in [0.15, 0.2) is 72.8 Å². The molecule has 4 heteroatoms. The summed E-state index contributed by atoms with van der Waals surface area (Å²) in [4.78, 5) is 24.5. The number of nitrogens with one attached hydrogen (secondary N) is 2. The van der Waals surface area contributed by atoms with Crippen molar-refractivity contribution in [3.05, 3.63) is 95.1 Å². The van der Waals surface area contributed by atoms with Gasteiger partial charge in [0.05, 0.1) is 12.8 Å². The molecule has 0 spiro atoms. The van der Waals surface area contributed by atoms with E-state index in [9.17, 15) is 9.59 Å². The highest BCUT2D eigenvalue weighted by Crippen LogP contribution is 2.16. The summed E-state index contributed by atoms with van der Waals surface area (Å²) in [7, 11) is 0. The number of carbonyl (C=O) groups is 2. The van der Waals surface area contributed by atoms with Crippen LogP contribution in [-0.4, -0.2) is 11.8 Å². The number of hydrogen-bond acceptors (Lipinski definition) is 2. The predicted octanol–water partition coefficient (Wildman–Crippen LogP) is 4.67. The van der Waals surface area contributed by atoms with Crippen molar-refractivity contribution < 1.29 is 9.59 Å². The fraction of sp³-hybridized carbons (Fsp3) is 0.167. The minimum absolute atomic E-state index is 0.0642. The van der Waals surface area contributed by atoms with Gasteiger partial charge in [0.15, 0.2) is 0 Å². The Morgan fingerprint density at radius 2 is 0.964 bits per heavy atom. The minimum atomic E-state index is -0.0642. The Morgan fingerprint density at radius 3 is 1.32 bits per heavy atom. The van der Waals surface area contributed by atoms with E-state index in [0.29, 0.717) is 24.2 Å². The van der Waals surface area contributed by atoms with E-state index in [0.717, 1.165) is 22.3 Å². The van der Waals surface area contributed by atoms with Gasteiger partial charge in [0.1, 0.15) is 0 Å². The second-order valence-electron chi connectivity index (χ2n) is 6.88. The van der Waals surface area contributed by atoms with E-state index in [2.05, 4.69) is 10.6 Å². The SMILES string of the molecule is Cc1ccccc1CC(=O)Nc1ccc(NC(=O)Cc2ccccc2C)cc1. The van der Waals surface area contributed by atoms with E-state index in [-0.39, 0.29) is 11.8 Å². The first-order chi connectivity index (χ1) is 13.5. The second-order valence-corrected chi connectivity index (χ2v) is 6.88. The molecule has 0 atom stereocenters. The van der Waals surface area contributed by atoms with Crippen molar-refractivity contribution >= 4 is 23.2 Å². The Morgan fingerprint density at radius 1 is 0.607 bits per heavy atom. The molecule has 0 fully saturated rings. The molecule has 0 heterocycles. The average Bonchev–Trinajstić information content (AvgIpc) is 2.67. The van der Waals surface area contributed by atoms with Crippen LogP contribution in [0.1, 0.15) is 22.3 Å². The van der Waals surface area contributed by atoms with Gasteiger partial charge >= 0.3 is 0 Å². The summed E-state index contributed by atoms with van der Waals surface area (Å²) in [6.45, 7) is 3.99. The third kappa shape index (κ3) is 5.30. The molecule has 0 saturated heterocycles. The highest BCUT2D eigenvalue weighted by Gasteiger charge is 2.08. The average molecular weight is 372 g/mol. The topological polar surface area (TPSA) is 58.2 Å². The number of benzene rings is 3. The van der Waals surface area contributed by atoms with Crippen molar-refractivity contribution in [2.45, 2.75) is 26.7 Å². The molecule has 3 aromatic carbocycles. The van der Waals surface area contributed by atoms with Gasteiger partial charge in [-0.2, -0.15) is 0 Å². The zero-order valence-corrected chi connectivity index (χ0v) is 16.2. The fourth-order valence-corrected chi connectivity index (χ4v) is 3.01. The molecule has 0 bridgehead atoms. The highest BCUT2D eigenvalue weighted by atomic mass is 16.2. The van der Waals surface area contributed by atoms with Gasteiger partial charge in [-0.15, -0.1) is 0 Å². The van der Waals surface area contributed by atoms with Crippen molar-refractivity contribution in [2.75, 3.05) is 10.6 Å². The lowest BCUT2D eigenvalue weighted by molar-refractivity contribution is -0.116. The van der Waals surface area contributed by atoms with Crippen LogP contribution < -0.4 is 10.6 Å². The maximum absolute atomic E-state index is 12.3. The number of aryl methyl sites for hydroxylation is 2. The van der Waals surface area contributed by atoms with Crippen LogP contribution in [0, 0.1) is 13.8 Å². The molecule has 0 aliphatic carbocycles. The summed E-state index contributed by atoms with van der Waals surface area (Å²) in [5, 5.41) is 5.79. The maximum Gasteiger partial charge on any atom is 0.228 e. The molecule has 0 radical (unpaired) electrons. The largest absolute Gasteiger partial charge is 0.326 e. The Labute approximate surface area is 165 Å². The zero-order chi connectivity index (χ0) is 19.9. The van der Waals surface area contributed by atoms with Gasteiger partial charge in [0.25, 0.3) is 0 Å². The highest BCUT2D eigenvalue weighted by molar-refractivity contribution is 5.94. The van der Waals surface area contributed by atoms with E-state index in [4.69, 9.17) is 0 Å². The Bertz CT molecular complexity index is 897. The molecule has 142 valence electrons. The molecular formula is C24H24N2O2. The van der Waals surface area contributed by atoms with Crippen LogP contribution >= 0.6 is 0 Å². The van der Waals surface area contributed by atoms with Crippen molar-refractivity contribution in [3.63, 3.8) is 0 Å². The van der Waals surface area contributed by atoms with Gasteiger partial charge in [0.2, 0.25) is 11.8 Å². The monoisotopic (exact) mass is 372 g/mol. The zero-order valence-electron chi connectivity index (χ0n) is 16.2. The van der Waals surface area contributed by atoms with E-state index >= 15 is 0 Å². The number of anilines is 2. The van der Waals surface area contributed by atoms with Crippen molar-refractivity contribution in [3.8, 4) is 0 Å². The molecule has 0 aromatic heterocycles. The first kappa shape index (κ1) is 19.4. The number of rotatable bonds is 6. The van der Waals surface area contributed by atoms with Crippen LogP contribution in [0.5, 0.6) is 0 Å². The summed E-state index contributed by atoms with van der Waals surface area (Å²) in [6, 6.07) is 22.9. The molecule has 2 N–H and O–H groups in total. The Hall–Kier alpha value is -3.40. The molecule has 3 aromatic rings. The van der Waals surface area contributed by atoms with Crippen LogP contribution in [0.4, 0.5) is 11.4 Å². The van der Waals surface area contributed by atoms with Gasteiger partial charge in [-0.05, 0) is 60.4 Å². The summed E-state index contributed by atoms with van der Waals surface area (Å²) in [5.74, 6) is -0.128. The molecule has 0 unspecified atom stereocenters. The molecule has 0 saturated carbocycles. The third-order valence-corrected chi connectivity index (χ3v) is 4.68. The summed E-state index contributed by atoms with van der Waals surface area (Å²) < 4.78 is 0. The number of amides is 2. The lowest BCUT2D eigenvalue weighted by atomic mass is 10.1. The van der Waals surface area contributed by atoms with Crippen LogP contribution in [0.3, 0.4) is 0 Å². The van der Waals surface area contributed by atoms with Gasteiger partial charge in [-0.3, -0.25) is 9.59 Å². The third-order valence-electron chi connectivity index (χ3n) is 4.68. The molecule has 4 nitrogen and oxygen atoms in total. The van der Waals surface area contributed by atoms with Crippen molar-refractivity contribution in [1.82, 2.24) is 0 Å². The van der Waals surface area contributed by atoms with Crippen LogP contribution in [0.25, 0.3) is 0 Å².